The highest BCUT2D eigenvalue weighted by Gasteiger charge is 2.18. The molecule has 6 aromatic rings. The Labute approximate surface area is 175 Å². The zero-order valence-electron chi connectivity index (χ0n) is 16.0. The fraction of sp³-hybridized carbons (Fsp3) is 0. The predicted molar refractivity (Wildman–Crippen MR) is 115 cm³/mol. The van der Waals surface area contributed by atoms with Gasteiger partial charge in [-0.3, -0.25) is 10.1 Å². The first-order valence-electron chi connectivity index (χ1n) is 9.63. The number of pyridine rings is 3. The largest absolute Gasteiger partial charge is 0.321 e. The minimum absolute atomic E-state index is 0.311. The summed E-state index contributed by atoms with van der Waals surface area (Å²) < 4.78 is 14.4. The Morgan fingerprint density at radius 2 is 1.71 bits per heavy atom. The molecule has 7 nitrogen and oxygen atoms in total. The number of benzene rings is 1. The van der Waals surface area contributed by atoms with Crippen molar-refractivity contribution in [2.45, 2.75) is 0 Å². The number of fused-ring (bicyclic) bond motifs is 2. The Kier molecular flexibility index (Phi) is 3.82. The standard InChI is InChI=1S/C23H14FN7/c24-17-6-2-1-5-14(17)15-8-10-26-22-19(15)28-23(29-22)20-16-11-13(12-27-21(16)31-30-20)18-7-3-4-9-25-18/h1-12H,(H,26,28,29)(H,27,30,31). The molecule has 0 saturated heterocycles. The van der Waals surface area contributed by atoms with E-state index < -0.39 is 0 Å². The van der Waals surface area contributed by atoms with Gasteiger partial charge in [0, 0.05) is 35.3 Å². The van der Waals surface area contributed by atoms with Crippen molar-refractivity contribution in [1.29, 1.82) is 0 Å². The number of nitrogens with one attached hydrogen (secondary N) is 2. The van der Waals surface area contributed by atoms with Crippen molar-refractivity contribution < 1.29 is 4.39 Å². The summed E-state index contributed by atoms with van der Waals surface area (Å²) in [6.45, 7) is 0. The van der Waals surface area contributed by atoms with Crippen LogP contribution in [0.3, 0.4) is 0 Å². The van der Waals surface area contributed by atoms with Crippen LogP contribution >= 0.6 is 0 Å². The normalized spacial score (nSPS) is 11.4. The SMILES string of the molecule is Fc1ccccc1-c1ccnc2[nH]c(-c3n[nH]c4ncc(-c5ccccn5)cc34)nc12. The van der Waals surface area contributed by atoms with E-state index >= 15 is 0 Å². The van der Waals surface area contributed by atoms with E-state index in [0.717, 1.165) is 16.6 Å². The molecule has 5 heterocycles. The molecular weight excluding hydrogens is 393 g/mol. The number of H-pyrrole nitrogens is 2. The lowest BCUT2D eigenvalue weighted by Gasteiger charge is -2.03. The predicted octanol–water partition coefficient (Wildman–Crippen LogP) is 4.76. The number of halogens is 1. The topological polar surface area (TPSA) is 96.0 Å². The van der Waals surface area contributed by atoms with Gasteiger partial charge in [-0.2, -0.15) is 5.10 Å². The molecule has 0 spiro atoms. The Morgan fingerprint density at radius 1 is 0.806 bits per heavy atom. The van der Waals surface area contributed by atoms with Crippen molar-refractivity contribution in [2.75, 3.05) is 0 Å². The molecule has 0 aliphatic rings. The maximum atomic E-state index is 14.4. The summed E-state index contributed by atoms with van der Waals surface area (Å²) in [7, 11) is 0. The van der Waals surface area contributed by atoms with Crippen LogP contribution in [0, 0.1) is 5.82 Å². The summed E-state index contributed by atoms with van der Waals surface area (Å²) in [4.78, 5) is 21.2. The average molecular weight is 407 g/mol. The summed E-state index contributed by atoms with van der Waals surface area (Å²) >= 11 is 0. The van der Waals surface area contributed by atoms with Gasteiger partial charge in [-0.25, -0.2) is 19.3 Å². The zero-order valence-corrected chi connectivity index (χ0v) is 16.0. The van der Waals surface area contributed by atoms with Gasteiger partial charge in [-0.05, 0) is 30.3 Å². The molecule has 0 atom stereocenters. The number of aromatic amines is 2. The fourth-order valence-electron chi connectivity index (χ4n) is 3.68. The molecule has 2 N–H and O–H groups in total. The molecule has 0 saturated carbocycles. The van der Waals surface area contributed by atoms with Crippen LogP contribution in [0.15, 0.2) is 73.2 Å². The Hall–Kier alpha value is -4.46. The lowest BCUT2D eigenvalue weighted by molar-refractivity contribution is 0.631. The van der Waals surface area contributed by atoms with E-state index in [9.17, 15) is 4.39 Å². The smallest absolute Gasteiger partial charge is 0.161 e. The average Bonchev–Trinajstić information content (AvgIpc) is 3.43. The zero-order chi connectivity index (χ0) is 20.8. The number of aromatic nitrogens is 7. The van der Waals surface area contributed by atoms with Crippen LogP contribution in [0.2, 0.25) is 0 Å². The monoisotopic (exact) mass is 407 g/mol. The third kappa shape index (κ3) is 2.84. The van der Waals surface area contributed by atoms with Crippen molar-refractivity contribution in [3.05, 3.63) is 79.0 Å². The van der Waals surface area contributed by atoms with Gasteiger partial charge in [0.25, 0.3) is 0 Å². The number of hydrogen-bond donors (Lipinski definition) is 2. The van der Waals surface area contributed by atoms with Gasteiger partial charge >= 0.3 is 0 Å². The minimum Gasteiger partial charge on any atom is -0.321 e. The van der Waals surface area contributed by atoms with Crippen LogP contribution in [-0.2, 0) is 0 Å². The second-order valence-electron chi connectivity index (χ2n) is 7.03. The summed E-state index contributed by atoms with van der Waals surface area (Å²) in [6.07, 6.45) is 5.13. The fourth-order valence-corrected chi connectivity index (χ4v) is 3.68. The third-order valence-electron chi connectivity index (χ3n) is 5.15. The summed E-state index contributed by atoms with van der Waals surface area (Å²) in [5.74, 6) is 0.214. The Morgan fingerprint density at radius 3 is 2.58 bits per heavy atom. The highest BCUT2D eigenvalue weighted by molar-refractivity contribution is 5.96. The van der Waals surface area contributed by atoms with E-state index in [2.05, 4.69) is 30.1 Å². The van der Waals surface area contributed by atoms with Crippen molar-refractivity contribution >= 4 is 22.2 Å². The molecular formula is C23H14FN7. The summed E-state index contributed by atoms with van der Waals surface area (Å²) in [6, 6.07) is 16.1. The van der Waals surface area contributed by atoms with Gasteiger partial charge in [-0.1, -0.05) is 24.3 Å². The van der Waals surface area contributed by atoms with E-state index in [1.165, 1.54) is 6.07 Å². The molecule has 5 aromatic heterocycles. The van der Waals surface area contributed by atoms with Gasteiger partial charge in [-0.15, -0.1) is 0 Å². The van der Waals surface area contributed by atoms with E-state index in [1.54, 1.807) is 42.9 Å². The molecule has 0 bridgehead atoms. The molecule has 0 radical (unpaired) electrons. The molecule has 0 aliphatic heterocycles. The van der Waals surface area contributed by atoms with Crippen molar-refractivity contribution in [3.63, 3.8) is 0 Å². The highest BCUT2D eigenvalue weighted by atomic mass is 19.1. The minimum atomic E-state index is -0.311. The molecule has 8 heteroatoms. The van der Waals surface area contributed by atoms with Gasteiger partial charge in [0.1, 0.15) is 17.0 Å². The second-order valence-corrected chi connectivity index (χ2v) is 7.03. The third-order valence-corrected chi connectivity index (χ3v) is 5.15. The number of hydrogen-bond acceptors (Lipinski definition) is 5. The Balaban J connectivity index is 1.53. The molecule has 6 rings (SSSR count). The van der Waals surface area contributed by atoms with Crippen LogP contribution < -0.4 is 0 Å². The number of imidazole rings is 1. The van der Waals surface area contributed by atoms with Crippen LogP contribution in [0.1, 0.15) is 0 Å². The molecule has 0 aliphatic carbocycles. The van der Waals surface area contributed by atoms with Crippen LogP contribution in [-0.4, -0.2) is 35.1 Å². The molecule has 1 aromatic carbocycles. The molecule has 148 valence electrons. The van der Waals surface area contributed by atoms with E-state index in [1.807, 2.05) is 24.3 Å². The lowest BCUT2D eigenvalue weighted by atomic mass is 10.1. The molecule has 0 fully saturated rings. The maximum Gasteiger partial charge on any atom is 0.161 e. The summed E-state index contributed by atoms with van der Waals surface area (Å²) in [5.41, 5.74) is 5.20. The molecule has 0 amide bonds. The van der Waals surface area contributed by atoms with Crippen molar-refractivity contribution in [2.24, 2.45) is 0 Å². The first-order chi connectivity index (χ1) is 15.3. The van der Waals surface area contributed by atoms with Crippen molar-refractivity contribution in [3.8, 4) is 33.9 Å². The second kappa shape index (κ2) is 6.81. The number of rotatable bonds is 3. The van der Waals surface area contributed by atoms with Crippen LogP contribution in [0.25, 0.3) is 56.1 Å². The molecule has 31 heavy (non-hydrogen) atoms. The maximum absolute atomic E-state index is 14.4. The van der Waals surface area contributed by atoms with E-state index in [0.29, 0.717) is 39.5 Å². The van der Waals surface area contributed by atoms with Gasteiger partial charge in [0.15, 0.2) is 17.1 Å². The van der Waals surface area contributed by atoms with Gasteiger partial charge < -0.3 is 4.98 Å². The van der Waals surface area contributed by atoms with Gasteiger partial charge in [0.2, 0.25) is 0 Å². The Bertz CT molecular complexity index is 1550. The van der Waals surface area contributed by atoms with Crippen LogP contribution in [0.5, 0.6) is 0 Å². The first kappa shape index (κ1) is 17.4. The highest BCUT2D eigenvalue weighted by Crippen LogP contribution is 2.32. The quantitative estimate of drug-likeness (QED) is 0.441. The van der Waals surface area contributed by atoms with E-state index in [4.69, 9.17) is 4.98 Å². The van der Waals surface area contributed by atoms with Crippen molar-refractivity contribution in [1.82, 2.24) is 35.1 Å². The first-order valence-corrected chi connectivity index (χ1v) is 9.63. The lowest BCUT2D eigenvalue weighted by Crippen LogP contribution is -1.87. The molecule has 0 unspecified atom stereocenters. The van der Waals surface area contributed by atoms with E-state index in [-0.39, 0.29) is 5.82 Å². The van der Waals surface area contributed by atoms with Crippen LogP contribution in [0.4, 0.5) is 4.39 Å². The number of nitrogens with zero attached hydrogens (tertiary/aromatic N) is 5. The summed E-state index contributed by atoms with van der Waals surface area (Å²) in [5, 5.41) is 8.16. The van der Waals surface area contributed by atoms with Gasteiger partial charge in [0.05, 0.1) is 11.1 Å².